The van der Waals surface area contributed by atoms with E-state index in [1.165, 1.54) is 23.4 Å². The standard InChI is InChI=1S/C15H15BrFNS/c1-2-18-10-11-7-8-12(9-13(11)16)19-15-6-4-3-5-14(15)17/h3-9,18H,2,10H2,1H3. The number of benzene rings is 2. The van der Waals surface area contributed by atoms with Crippen LogP contribution in [0.2, 0.25) is 0 Å². The van der Waals surface area contributed by atoms with E-state index >= 15 is 0 Å². The van der Waals surface area contributed by atoms with Gasteiger partial charge in [0.25, 0.3) is 0 Å². The van der Waals surface area contributed by atoms with Gasteiger partial charge >= 0.3 is 0 Å². The molecule has 0 aromatic heterocycles. The van der Waals surface area contributed by atoms with Gasteiger partial charge in [0.1, 0.15) is 5.82 Å². The Bertz CT molecular complexity index is 560. The predicted octanol–water partition coefficient (Wildman–Crippen LogP) is 4.85. The molecule has 0 unspecified atom stereocenters. The van der Waals surface area contributed by atoms with E-state index in [9.17, 15) is 4.39 Å². The van der Waals surface area contributed by atoms with Crippen molar-refractivity contribution >= 4 is 27.7 Å². The summed E-state index contributed by atoms with van der Waals surface area (Å²) in [6, 6.07) is 12.9. The van der Waals surface area contributed by atoms with E-state index in [1.807, 2.05) is 18.2 Å². The molecule has 0 saturated carbocycles. The zero-order valence-electron chi connectivity index (χ0n) is 10.6. The molecule has 0 spiro atoms. The van der Waals surface area contributed by atoms with E-state index < -0.39 is 0 Å². The fraction of sp³-hybridized carbons (Fsp3) is 0.200. The Morgan fingerprint density at radius 3 is 2.68 bits per heavy atom. The van der Waals surface area contributed by atoms with Gasteiger partial charge in [0.2, 0.25) is 0 Å². The number of rotatable bonds is 5. The van der Waals surface area contributed by atoms with Crippen molar-refractivity contribution in [1.82, 2.24) is 5.32 Å². The topological polar surface area (TPSA) is 12.0 Å². The summed E-state index contributed by atoms with van der Waals surface area (Å²) in [5.74, 6) is -0.180. The summed E-state index contributed by atoms with van der Waals surface area (Å²) in [6.07, 6.45) is 0. The predicted molar refractivity (Wildman–Crippen MR) is 82.0 cm³/mol. The summed E-state index contributed by atoms with van der Waals surface area (Å²) in [6.45, 7) is 3.86. The molecule has 2 aromatic rings. The van der Waals surface area contributed by atoms with Crippen LogP contribution in [0.5, 0.6) is 0 Å². The Balaban J connectivity index is 2.14. The third-order valence-electron chi connectivity index (χ3n) is 2.65. The zero-order chi connectivity index (χ0) is 13.7. The second-order valence-corrected chi connectivity index (χ2v) is 6.04. The molecule has 0 aliphatic heterocycles. The van der Waals surface area contributed by atoms with E-state index in [4.69, 9.17) is 0 Å². The molecule has 4 heteroatoms. The van der Waals surface area contributed by atoms with Gasteiger partial charge in [-0.1, -0.05) is 52.8 Å². The van der Waals surface area contributed by atoms with Crippen LogP contribution in [-0.2, 0) is 6.54 Å². The van der Waals surface area contributed by atoms with Gasteiger partial charge < -0.3 is 5.32 Å². The third kappa shape index (κ3) is 4.06. The highest BCUT2D eigenvalue weighted by molar-refractivity contribution is 9.10. The lowest BCUT2D eigenvalue weighted by molar-refractivity contribution is 0.602. The number of hydrogen-bond acceptors (Lipinski definition) is 2. The Morgan fingerprint density at radius 2 is 2.00 bits per heavy atom. The van der Waals surface area contributed by atoms with Gasteiger partial charge in [-0.15, -0.1) is 0 Å². The summed E-state index contributed by atoms with van der Waals surface area (Å²) in [5, 5.41) is 3.29. The Kier molecular flexibility index (Phi) is 5.43. The van der Waals surface area contributed by atoms with Crippen LogP contribution >= 0.6 is 27.7 Å². The molecule has 0 atom stereocenters. The first-order chi connectivity index (χ1) is 9.20. The highest BCUT2D eigenvalue weighted by atomic mass is 79.9. The Morgan fingerprint density at radius 1 is 1.21 bits per heavy atom. The minimum atomic E-state index is -0.180. The molecule has 1 N–H and O–H groups in total. The molecule has 0 fully saturated rings. The highest BCUT2D eigenvalue weighted by Crippen LogP contribution is 2.32. The van der Waals surface area contributed by atoms with Crippen molar-refractivity contribution in [3.63, 3.8) is 0 Å². The molecule has 1 nitrogen and oxygen atoms in total. The van der Waals surface area contributed by atoms with Crippen LogP contribution in [-0.4, -0.2) is 6.54 Å². The van der Waals surface area contributed by atoms with Crippen molar-refractivity contribution in [3.8, 4) is 0 Å². The largest absolute Gasteiger partial charge is 0.313 e. The van der Waals surface area contributed by atoms with Gasteiger partial charge in [0.15, 0.2) is 0 Å². The minimum absolute atomic E-state index is 0.180. The lowest BCUT2D eigenvalue weighted by atomic mass is 10.2. The minimum Gasteiger partial charge on any atom is -0.313 e. The van der Waals surface area contributed by atoms with Crippen molar-refractivity contribution in [2.75, 3.05) is 6.54 Å². The van der Waals surface area contributed by atoms with Crippen LogP contribution in [0.25, 0.3) is 0 Å². The maximum absolute atomic E-state index is 13.6. The van der Waals surface area contributed by atoms with Gasteiger partial charge in [-0.05, 0) is 36.4 Å². The van der Waals surface area contributed by atoms with Crippen LogP contribution in [0.4, 0.5) is 4.39 Å². The SMILES string of the molecule is CCNCc1ccc(Sc2ccccc2F)cc1Br. The fourth-order valence-electron chi connectivity index (χ4n) is 1.65. The van der Waals surface area contributed by atoms with Crippen LogP contribution in [0.15, 0.2) is 56.7 Å². The van der Waals surface area contributed by atoms with Crippen LogP contribution in [0.1, 0.15) is 12.5 Å². The molecule has 19 heavy (non-hydrogen) atoms. The average Bonchev–Trinajstić information content (AvgIpc) is 2.40. The number of nitrogens with one attached hydrogen (secondary N) is 1. The molecule has 0 radical (unpaired) electrons. The van der Waals surface area contributed by atoms with Crippen molar-refractivity contribution in [2.45, 2.75) is 23.3 Å². The normalized spacial score (nSPS) is 10.7. The van der Waals surface area contributed by atoms with E-state index in [1.54, 1.807) is 12.1 Å². The molecule has 2 rings (SSSR count). The second kappa shape index (κ2) is 7.08. The molecule has 100 valence electrons. The van der Waals surface area contributed by atoms with Crippen molar-refractivity contribution in [3.05, 3.63) is 58.3 Å². The summed E-state index contributed by atoms with van der Waals surface area (Å²) in [4.78, 5) is 1.67. The lowest BCUT2D eigenvalue weighted by Crippen LogP contribution is -2.11. The molecular formula is C15H15BrFNS. The van der Waals surface area contributed by atoms with E-state index in [2.05, 4.69) is 34.2 Å². The summed E-state index contributed by atoms with van der Waals surface area (Å²) in [7, 11) is 0. The van der Waals surface area contributed by atoms with E-state index in [0.717, 1.165) is 22.5 Å². The Labute approximate surface area is 125 Å². The van der Waals surface area contributed by atoms with Crippen LogP contribution in [0.3, 0.4) is 0 Å². The van der Waals surface area contributed by atoms with E-state index in [-0.39, 0.29) is 5.82 Å². The summed E-state index contributed by atoms with van der Waals surface area (Å²) < 4.78 is 14.6. The monoisotopic (exact) mass is 339 g/mol. The first-order valence-electron chi connectivity index (χ1n) is 6.12. The van der Waals surface area contributed by atoms with Gasteiger partial charge in [0, 0.05) is 20.8 Å². The van der Waals surface area contributed by atoms with E-state index in [0.29, 0.717) is 4.90 Å². The molecule has 2 aromatic carbocycles. The Hall–Kier alpha value is -0.840. The maximum atomic E-state index is 13.6. The first kappa shape index (κ1) is 14.6. The van der Waals surface area contributed by atoms with Crippen LogP contribution < -0.4 is 5.32 Å². The molecule has 0 aliphatic carbocycles. The molecular weight excluding hydrogens is 325 g/mol. The molecule has 0 amide bonds. The maximum Gasteiger partial charge on any atom is 0.137 e. The zero-order valence-corrected chi connectivity index (χ0v) is 13.0. The molecule has 0 aliphatic rings. The number of halogens is 2. The second-order valence-electron chi connectivity index (χ2n) is 4.07. The molecule has 0 saturated heterocycles. The lowest BCUT2D eigenvalue weighted by Gasteiger charge is -2.08. The van der Waals surface area contributed by atoms with Gasteiger partial charge in [-0.3, -0.25) is 0 Å². The average molecular weight is 340 g/mol. The van der Waals surface area contributed by atoms with Crippen molar-refractivity contribution in [1.29, 1.82) is 0 Å². The van der Waals surface area contributed by atoms with Gasteiger partial charge in [-0.25, -0.2) is 4.39 Å². The summed E-state index contributed by atoms with van der Waals surface area (Å²) >= 11 is 5.00. The third-order valence-corrected chi connectivity index (χ3v) is 4.43. The smallest absolute Gasteiger partial charge is 0.137 e. The van der Waals surface area contributed by atoms with Gasteiger partial charge in [-0.2, -0.15) is 0 Å². The quantitative estimate of drug-likeness (QED) is 0.835. The van der Waals surface area contributed by atoms with Crippen LogP contribution in [0, 0.1) is 5.82 Å². The summed E-state index contributed by atoms with van der Waals surface area (Å²) in [5.41, 5.74) is 1.21. The van der Waals surface area contributed by atoms with Crippen molar-refractivity contribution < 1.29 is 4.39 Å². The van der Waals surface area contributed by atoms with Gasteiger partial charge in [0.05, 0.1) is 0 Å². The number of hydrogen-bond donors (Lipinski definition) is 1. The molecule has 0 heterocycles. The highest BCUT2D eigenvalue weighted by Gasteiger charge is 2.05. The van der Waals surface area contributed by atoms with Crippen molar-refractivity contribution in [2.24, 2.45) is 0 Å². The fourth-order valence-corrected chi connectivity index (χ4v) is 3.20. The molecule has 0 bridgehead atoms. The first-order valence-corrected chi connectivity index (χ1v) is 7.73.